The molecule has 0 aliphatic rings. The minimum absolute atomic E-state index is 0.0499. The van der Waals surface area contributed by atoms with Crippen molar-refractivity contribution >= 4 is 11.3 Å². The van der Waals surface area contributed by atoms with Crippen LogP contribution in [0.5, 0.6) is 0 Å². The molecule has 1 unspecified atom stereocenters. The zero-order valence-corrected chi connectivity index (χ0v) is 12.5. The van der Waals surface area contributed by atoms with Crippen LogP contribution in [0.1, 0.15) is 41.0 Å². The predicted octanol–water partition coefficient (Wildman–Crippen LogP) is 4.59. The van der Waals surface area contributed by atoms with Crippen molar-refractivity contribution in [2.75, 3.05) is 6.54 Å². The molecule has 0 amide bonds. The third-order valence-corrected chi connectivity index (χ3v) is 4.13. The van der Waals surface area contributed by atoms with Gasteiger partial charge in [-0.3, -0.25) is 0 Å². The van der Waals surface area contributed by atoms with E-state index in [1.807, 2.05) is 19.1 Å². The van der Waals surface area contributed by atoms with Gasteiger partial charge >= 0.3 is 0 Å². The number of nitrogens with one attached hydrogen (secondary N) is 1. The van der Waals surface area contributed by atoms with E-state index in [0.29, 0.717) is 0 Å². The van der Waals surface area contributed by atoms with Crippen LogP contribution in [0.3, 0.4) is 0 Å². The highest BCUT2D eigenvalue weighted by atomic mass is 32.1. The molecule has 0 spiro atoms. The van der Waals surface area contributed by atoms with Crippen molar-refractivity contribution in [2.45, 2.75) is 33.2 Å². The maximum Gasteiger partial charge on any atom is 0.128 e. The van der Waals surface area contributed by atoms with E-state index in [1.54, 1.807) is 17.4 Å². The molecule has 1 heterocycles. The van der Waals surface area contributed by atoms with Crippen LogP contribution < -0.4 is 5.32 Å². The molecular weight excluding hydrogens is 257 g/mol. The van der Waals surface area contributed by atoms with Crippen molar-refractivity contribution in [3.63, 3.8) is 0 Å². The molecule has 0 aliphatic heterocycles. The average Bonchev–Trinajstić information content (AvgIpc) is 2.80. The Labute approximate surface area is 118 Å². The quantitative estimate of drug-likeness (QED) is 0.842. The number of benzene rings is 1. The Hall–Kier alpha value is -1.19. The number of hydrogen-bond donors (Lipinski definition) is 1. The van der Waals surface area contributed by atoms with Gasteiger partial charge in [0.2, 0.25) is 0 Å². The SMILES string of the molecule is CCCNC(c1cc(C)ccc1F)c1ccsc1C. The summed E-state index contributed by atoms with van der Waals surface area (Å²) in [5.74, 6) is -0.134. The van der Waals surface area contributed by atoms with Gasteiger partial charge < -0.3 is 5.32 Å². The zero-order chi connectivity index (χ0) is 13.8. The van der Waals surface area contributed by atoms with Crippen molar-refractivity contribution in [3.8, 4) is 0 Å². The monoisotopic (exact) mass is 277 g/mol. The fourth-order valence-electron chi connectivity index (χ4n) is 2.25. The lowest BCUT2D eigenvalue weighted by atomic mass is 9.97. The van der Waals surface area contributed by atoms with E-state index in [4.69, 9.17) is 0 Å². The summed E-state index contributed by atoms with van der Waals surface area (Å²) in [7, 11) is 0. The van der Waals surface area contributed by atoms with Crippen molar-refractivity contribution in [1.82, 2.24) is 5.32 Å². The number of aryl methyl sites for hydroxylation is 2. The predicted molar refractivity (Wildman–Crippen MR) is 80.3 cm³/mol. The van der Waals surface area contributed by atoms with Crippen LogP contribution in [0.15, 0.2) is 29.6 Å². The first kappa shape index (κ1) is 14.2. The molecule has 19 heavy (non-hydrogen) atoms. The maximum absolute atomic E-state index is 14.1. The third kappa shape index (κ3) is 3.23. The highest BCUT2D eigenvalue weighted by Gasteiger charge is 2.19. The van der Waals surface area contributed by atoms with E-state index >= 15 is 0 Å². The fourth-order valence-corrected chi connectivity index (χ4v) is 3.00. The van der Waals surface area contributed by atoms with E-state index in [1.165, 1.54) is 10.4 Å². The van der Waals surface area contributed by atoms with Crippen molar-refractivity contribution in [1.29, 1.82) is 0 Å². The zero-order valence-electron chi connectivity index (χ0n) is 11.7. The molecule has 0 radical (unpaired) electrons. The molecular formula is C16H20FNS. The van der Waals surface area contributed by atoms with E-state index in [2.05, 4.69) is 30.6 Å². The number of halogens is 1. The lowest BCUT2D eigenvalue weighted by molar-refractivity contribution is 0.546. The van der Waals surface area contributed by atoms with Gasteiger partial charge in [-0.1, -0.05) is 24.6 Å². The molecule has 102 valence electrons. The molecule has 1 nitrogen and oxygen atoms in total. The van der Waals surface area contributed by atoms with Gasteiger partial charge in [0, 0.05) is 10.4 Å². The number of rotatable bonds is 5. The molecule has 3 heteroatoms. The normalized spacial score (nSPS) is 12.6. The highest BCUT2D eigenvalue weighted by molar-refractivity contribution is 7.10. The number of thiophene rings is 1. The molecule has 2 aromatic rings. The average molecular weight is 277 g/mol. The molecule has 1 aromatic heterocycles. The summed E-state index contributed by atoms with van der Waals surface area (Å²) in [6.07, 6.45) is 1.03. The summed E-state index contributed by atoms with van der Waals surface area (Å²) in [6, 6.07) is 7.36. The third-order valence-electron chi connectivity index (χ3n) is 3.27. The van der Waals surface area contributed by atoms with E-state index in [0.717, 1.165) is 24.1 Å². The van der Waals surface area contributed by atoms with Crippen molar-refractivity contribution < 1.29 is 4.39 Å². The Balaban J connectivity index is 2.42. The lowest BCUT2D eigenvalue weighted by Crippen LogP contribution is -2.24. The molecule has 1 aromatic carbocycles. The smallest absolute Gasteiger partial charge is 0.128 e. The topological polar surface area (TPSA) is 12.0 Å². The first-order chi connectivity index (χ1) is 9.13. The first-order valence-corrected chi connectivity index (χ1v) is 7.55. The van der Waals surface area contributed by atoms with Crippen LogP contribution in [0.4, 0.5) is 4.39 Å². The van der Waals surface area contributed by atoms with Crippen molar-refractivity contribution in [3.05, 3.63) is 57.0 Å². The van der Waals surface area contributed by atoms with Crippen LogP contribution in [-0.4, -0.2) is 6.54 Å². The lowest BCUT2D eigenvalue weighted by Gasteiger charge is -2.20. The molecule has 0 aliphatic carbocycles. The van der Waals surface area contributed by atoms with Gasteiger partial charge in [0.05, 0.1) is 6.04 Å². The molecule has 2 rings (SSSR count). The number of hydrogen-bond acceptors (Lipinski definition) is 2. The summed E-state index contributed by atoms with van der Waals surface area (Å²) in [5.41, 5.74) is 3.02. The second-order valence-corrected chi connectivity index (χ2v) is 5.96. The van der Waals surface area contributed by atoms with Crippen LogP contribution in [0.2, 0.25) is 0 Å². The van der Waals surface area contributed by atoms with Crippen LogP contribution in [0.25, 0.3) is 0 Å². The molecule has 1 atom stereocenters. The second kappa shape index (κ2) is 6.31. The van der Waals surface area contributed by atoms with Gasteiger partial charge in [-0.15, -0.1) is 11.3 Å². The van der Waals surface area contributed by atoms with Gasteiger partial charge in [-0.2, -0.15) is 0 Å². The molecule has 1 N–H and O–H groups in total. The van der Waals surface area contributed by atoms with Gasteiger partial charge in [0.1, 0.15) is 5.82 Å². The summed E-state index contributed by atoms with van der Waals surface area (Å²) >= 11 is 1.71. The first-order valence-electron chi connectivity index (χ1n) is 6.67. The highest BCUT2D eigenvalue weighted by Crippen LogP contribution is 2.30. The van der Waals surface area contributed by atoms with Crippen LogP contribution in [-0.2, 0) is 0 Å². The van der Waals surface area contributed by atoms with E-state index in [-0.39, 0.29) is 11.9 Å². The van der Waals surface area contributed by atoms with Gasteiger partial charge in [-0.05, 0) is 49.9 Å². The molecule has 0 bridgehead atoms. The summed E-state index contributed by atoms with van der Waals surface area (Å²) < 4.78 is 14.1. The van der Waals surface area contributed by atoms with E-state index in [9.17, 15) is 4.39 Å². The summed E-state index contributed by atoms with van der Waals surface area (Å²) in [4.78, 5) is 1.24. The molecule has 0 saturated carbocycles. The Morgan fingerprint density at radius 3 is 2.63 bits per heavy atom. The minimum atomic E-state index is -0.134. The molecule has 0 fully saturated rings. The maximum atomic E-state index is 14.1. The van der Waals surface area contributed by atoms with Gasteiger partial charge in [0.25, 0.3) is 0 Å². The van der Waals surface area contributed by atoms with Gasteiger partial charge in [-0.25, -0.2) is 4.39 Å². The van der Waals surface area contributed by atoms with Gasteiger partial charge in [0.15, 0.2) is 0 Å². The summed E-state index contributed by atoms with van der Waals surface area (Å²) in [5, 5.41) is 5.53. The Kier molecular flexibility index (Phi) is 4.72. The molecule has 0 saturated heterocycles. The van der Waals surface area contributed by atoms with Crippen LogP contribution >= 0.6 is 11.3 Å². The largest absolute Gasteiger partial charge is 0.306 e. The fraction of sp³-hybridized carbons (Fsp3) is 0.375. The van der Waals surface area contributed by atoms with Crippen molar-refractivity contribution in [2.24, 2.45) is 0 Å². The second-order valence-electron chi connectivity index (χ2n) is 4.84. The minimum Gasteiger partial charge on any atom is -0.306 e. The Morgan fingerprint density at radius 1 is 1.21 bits per heavy atom. The standard InChI is InChI=1S/C16H20FNS/c1-4-8-18-16(13-7-9-19-12(13)3)14-10-11(2)5-6-15(14)17/h5-7,9-10,16,18H,4,8H2,1-3H3. The van der Waals surface area contributed by atoms with E-state index < -0.39 is 0 Å². The summed E-state index contributed by atoms with van der Waals surface area (Å²) in [6.45, 7) is 7.10. The Bertz CT molecular complexity index is 547. The van der Waals surface area contributed by atoms with Crippen LogP contribution in [0, 0.1) is 19.7 Å². The Morgan fingerprint density at radius 2 is 2.00 bits per heavy atom.